The van der Waals surface area contributed by atoms with Crippen LogP contribution in [-0.2, 0) is 9.31 Å². The smallest absolute Gasteiger partial charge is 0.450 e. The highest BCUT2D eigenvalue weighted by Crippen LogP contribution is 2.47. The van der Waals surface area contributed by atoms with Crippen LogP contribution in [-0.4, -0.2) is 28.3 Å². The molecule has 7 aromatic rings. The molecule has 7 heteroatoms. The zero-order valence-corrected chi connectivity index (χ0v) is 30.0. The third kappa shape index (κ3) is 6.18. The van der Waals surface area contributed by atoms with E-state index in [1.54, 1.807) is 0 Å². The van der Waals surface area contributed by atoms with E-state index in [2.05, 4.69) is 94.4 Å². The van der Waals surface area contributed by atoms with E-state index < -0.39 is 18.3 Å². The summed E-state index contributed by atoms with van der Waals surface area (Å²) >= 11 is 0. The molecule has 2 aliphatic heterocycles. The fourth-order valence-electron chi connectivity index (χ4n) is 6.79. The summed E-state index contributed by atoms with van der Waals surface area (Å²) in [6, 6.07) is 51.2. The van der Waals surface area contributed by atoms with E-state index in [1.807, 2.05) is 84.9 Å². The molecule has 0 saturated carbocycles. The van der Waals surface area contributed by atoms with Crippen LogP contribution in [0.4, 0.5) is 0 Å². The van der Waals surface area contributed by atoms with E-state index in [0.29, 0.717) is 28.8 Å². The lowest BCUT2D eigenvalue weighted by molar-refractivity contribution is 0.00578. The third-order valence-electron chi connectivity index (χ3n) is 10.4. The molecule has 1 saturated heterocycles. The molecule has 0 spiro atoms. The van der Waals surface area contributed by atoms with Crippen LogP contribution in [0.5, 0.6) is 23.0 Å². The Bertz CT molecular complexity index is 2410. The number of fused-ring (bicyclic) bond motifs is 2. The average Bonchev–Trinajstić information content (AvgIpc) is 3.42. The van der Waals surface area contributed by atoms with Gasteiger partial charge in [-0.05, 0) is 91.8 Å². The van der Waals surface area contributed by atoms with Crippen LogP contribution in [0.2, 0.25) is 0 Å². The Hall–Kier alpha value is -6.02. The zero-order chi connectivity index (χ0) is 36.2. The molecule has 3 heterocycles. The van der Waals surface area contributed by atoms with Crippen LogP contribution in [0.1, 0.15) is 27.7 Å². The second-order valence-electron chi connectivity index (χ2n) is 14.5. The zero-order valence-electron chi connectivity index (χ0n) is 30.0. The summed E-state index contributed by atoms with van der Waals surface area (Å²) in [5, 5.41) is 0. The fraction of sp³-hybridized carbons (Fsp3) is 0.130. The van der Waals surface area contributed by atoms with Gasteiger partial charge in [-0.15, -0.1) is 0 Å². The summed E-state index contributed by atoms with van der Waals surface area (Å²) < 4.78 is 25.8. The molecule has 1 fully saturated rings. The predicted octanol–water partition coefficient (Wildman–Crippen LogP) is 11.0. The maximum Gasteiger partial charge on any atom is 0.495 e. The first kappa shape index (κ1) is 32.9. The second kappa shape index (κ2) is 12.9. The van der Waals surface area contributed by atoms with Crippen molar-refractivity contribution in [1.29, 1.82) is 0 Å². The van der Waals surface area contributed by atoms with Crippen LogP contribution < -0.4 is 14.9 Å². The van der Waals surface area contributed by atoms with E-state index in [4.69, 9.17) is 28.8 Å². The Morgan fingerprint density at radius 2 is 0.943 bits per heavy atom. The minimum atomic E-state index is -0.587. The van der Waals surface area contributed by atoms with Gasteiger partial charge in [0, 0.05) is 16.7 Å². The Kier molecular flexibility index (Phi) is 7.99. The molecule has 0 N–H and O–H groups in total. The first-order valence-corrected chi connectivity index (χ1v) is 17.9. The van der Waals surface area contributed by atoms with E-state index in [-0.39, 0.29) is 0 Å². The van der Waals surface area contributed by atoms with Crippen molar-refractivity contribution in [2.24, 2.45) is 0 Å². The van der Waals surface area contributed by atoms with Crippen molar-refractivity contribution in [3.63, 3.8) is 0 Å². The number of hydrogen-bond acceptors (Lipinski definition) is 6. The highest BCUT2D eigenvalue weighted by Gasteiger charge is 2.52. The number of aromatic nitrogens is 2. The minimum absolute atomic E-state index is 0.513. The number of para-hydroxylation sites is 2. The van der Waals surface area contributed by atoms with Crippen LogP contribution in [0.25, 0.3) is 56.2 Å². The van der Waals surface area contributed by atoms with Gasteiger partial charge in [-0.3, -0.25) is 0 Å². The SMILES string of the molecule is CC1(C)OB(c2cc(-c3cccc(-c4cc(-c5ccccc5)nc(-c5ccccc5)n4)c3)ccc2-c2ccc3c(c2)Oc2ccccc2O3)OC1(C)C. The lowest BCUT2D eigenvalue weighted by atomic mass is 9.73. The fourth-order valence-corrected chi connectivity index (χ4v) is 6.79. The Balaban J connectivity index is 1.13. The molecule has 9 rings (SSSR count). The van der Waals surface area contributed by atoms with Crippen molar-refractivity contribution in [3.05, 3.63) is 152 Å². The molecule has 6 nitrogen and oxygen atoms in total. The monoisotopic (exact) mass is 692 g/mol. The molecule has 1 aromatic heterocycles. The van der Waals surface area contributed by atoms with Gasteiger partial charge in [-0.25, -0.2) is 9.97 Å². The van der Waals surface area contributed by atoms with Gasteiger partial charge in [0.2, 0.25) is 0 Å². The van der Waals surface area contributed by atoms with Gasteiger partial charge in [-0.2, -0.15) is 0 Å². The molecule has 0 atom stereocenters. The molecule has 258 valence electrons. The van der Waals surface area contributed by atoms with Crippen LogP contribution >= 0.6 is 0 Å². The first-order valence-electron chi connectivity index (χ1n) is 17.9. The average molecular weight is 693 g/mol. The normalized spacial score (nSPS) is 15.2. The third-order valence-corrected chi connectivity index (χ3v) is 10.4. The molecule has 0 amide bonds. The molecule has 53 heavy (non-hydrogen) atoms. The second-order valence-corrected chi connectivity index (χ2v) is 14.5. The molecule has 0 unspecified atom stereocenters. The van der Waals surface area contributed by atoms with E-state index in [9.17, 15) is 0 Å². The molecular formula is C46H37BN2O4. The number of rotatable bonds is 6. The van der Waals surface area contributed by atoms with E-state index in [0.717, 1.165) is 55.8 Å². The van der Waals surface area contributed by atoms with Gasteiger partial charge < -0.3 is 18.8 Å². The lowest BCUT2D eigenvalue weighted by Crippen LogP contribution is -2.41. The highest BCUT2D eigenvalue weighted by molar-refractivity contribution is 6.64. The van der Waals surface area contributed by atoms with Crippen molar-refractivity contribution in [2.45, 2.75) is 38.9 Å². The summed E-state index contributed by atoms with van der Waals surface area (Å²) in [5.41, 5.74) is 8.67. The van der Waals surface area contributed by atoms with Gasteiger partial charge in [0.25, 0.3) is 0 Å². The van der Waals surface area contributed by atoms with E-state index >= 15 is 0 Å². The number of nitrogens with zero attached hydrogens (tertiary/aromatic N) is 2. The summed E-state index contributed by atoms with van der Waals surface area (Å²) in [5.74, 6) is 3.41. The van der Waals surface area contributed by atoms with Crippen molar-refractivity contribution in [2.75, 3.05) is 0 Å². The molecule has 0 bridgehead atoms. The van der Waals surface area contributed by atoms with Gasteiger partial charge in [0.15, 0.2) is 28.8 Å². The summed E-state index contributed by atoms with van der Waals surface area (Å²) in [6.45, 7) is 8.32. The quantitative estimate of drug-likeness (QED) is 0.162. The standard InChI is InChI=1S/C46H37BN2O4/c1-45(2)46(3,4)53-47(52-45)37-27-33(22-24-36(37)34-23-25-42-43(28-34)51-41-21-12-11-20-40(41)50-42)32-18-13-19-35(26-32)39-29-38(30-14-7-5-8-15-30)48-44(49-39)31-16-9-6-10-17-31/h5-29H,1-4H3. The molecular weight excluding hydrogens is 655 g/mol. The van der Waals surface area contributed by atoms with Crippen molar-refractivity contribution < 1.29 is 18.8 Å². The van der Waals surface area contributed by atoms with Gasteiger partial charge in [-0.1, -0.05) is 115 Å². The maximum atomic E-state index is 6.67. The highest BCUT2D eigenvalue weighted by atomic mass is 16.7. The van der Waals surface area contributed by atoms with E-state index in [1.165, 1.54) is 0 Å². The molecule has 2 aliphatic rings. The molecule has 0 aliphatic carbocycles. The number of ether oxygens (including phenoxy) is 2. The summed E-state index contributed by atoms with van der Waals surface area (Å²) in [7, 11) is -0.587. The molecule has 0 radical (unpaired) electrons. The van der Waals surface area contributed by atoms with Crippen molar-refractivity contribution >= 4 is 12.6 Å². The summed E-state index contributed by atoms with van der Waals surface area (Å²) in [6.07, 6.45) is 0. The Morgan fingerprint density at radius 3 is 1.64 bits per heavy atom. The van der Waals surface area contributed by atoms with Crippen LogP contribution in [0, 0.1) is 0 Å². The van der Waals surface area contributed by atoms with Crippen molar-refractivity contribution in [1.82, 2.24) is 9.97 Å². The Morgan fingerprint density at radius 1 is 0.415 bits per heavy atom. The van der Waals surface area contributed by atoms with Gasteiger partial charge >= 0.3 is 7.12 Å². The maximum absolute atomic E-state index is 6.67. The molecule has 6 aromatic carbocycles. The first-order chi connectivity index (χ1) is 25.7. The number of hydrogen-bond donors (Lipinski definition) is 0. The predicted molar refractivity (Wildman–Crippen MR) is 212 cm³/mol. The topological polar surface area (TPSA) is 62.7 Å². The lowest BCUT2D eigenvalue weighted by Gasteiger charge is -2.32. The van der Waals surface area contributed by atoms with Gasteiger partial charge in [0.05, 0.1) is 22.6 Å². The van der Waals surface area contributed by atoms with Gasteiger partial charge in [0.1, 0.15) is 0 Å². The van der Waals surface area contributed by atoms with Crippen LogP contribution in [0.15, 0.2) is 152 Å². The Labute approximate surface area is 310 Å². The minimum Gasteiger partial charge on any atom is -0.450 e. The van der Waals surface area contributed by atoms with Crippen molar-refractivity contribution in [3.8, 4) is 79.2 Å². The largest absolute Gasteiger partial charge is 0.495 e. The summed E-state index contributed by atoms with van der Waals surface area (Å²) in [4.78, 5) is 10.1. The number of benzene rings is 6. The van der Waals surface area contributed by atoms with Crippen LogP contribution in [0.3, 0.4) is 0 Å².